The fourth-order valence-electron chi connectivity index (χ4n) is 1.54. The molecule has 4 nitrogen and oxygen atoms in total. The van der Waals surface area contributed by atoms with Gasteiger partial charge in [0.2, 0.25) is 0 Å². The first kappa shape index (κ1) is 11.9. The zero-order valence-corrected chi connectivity index (χ0v) is 9.53. The van der Waals surface area contributed by atoms with Crippen LogP contribution in [0.15, 0.2) is 18.9 Å². The second-order valence-corrected chi connectivity index (χ2v) is 3.63. The molecule has 0 aliphatic carbocycles. The van der Waals surface area contributed by atoms with Crippen molar-refractivity contribution in [2.75, 3.05) is 13.1 Å². The van der Waals surface area contributed by atoms with Crippen molar-refractivity contribution >= 4 is 0 Å². The number of nitrogens with two attached hydrogens (primary N) is 1. The molecular weight excluding hydrogens is 188 g/mol. The van der Waals surface area contributed by atoms with E-state index in [0.717, 1.165) is 18.7 Å². The van der Waals surface area contributed by atoms with E-state index in [4.69, 9.17) is 5.73 Å². The molecule has 1 unspecified atom stereocenters. The molecule has 0 saturated heterocycles. The van der Waals surface area contributed by atoms with Gasteiger partial charge in [0.15, 0.2) is 0 Å². The maximum Gasteiger partial charge on any atom is 0.0540 e. The molecule has 0 fully saturated rings. The average Bonchev–Trinajstić information content (AvgIpc) is 2.56. The maximum atomic E-state index is 5.74. The van der Waals surface area contributed by atoms with Crippen LogP contribution in [0.2, 0.25) is 0 Å². The van der Waals surface area contributed by atoms with Gasteiger partial charge in [-0.2, -0.15) is 5.10 Å². The highest BCUT2D eigenvalue weighted by Crippen LogP contribution is 2.15. The number of nitrogens with one attached hydrogen (secondary N) is 1. The molecule has 1 rings (SSSR count). The van der Waals surface area contributed by atoms with E-state index in [1.54, 1.807) is 0 Å². The van der Waals surface area contributed by atoms with Gasteiger partial charge in [-0.15, -0.1) is 6.58 Å². The largest absolute Gasteiger partial charge is 0.329 e. The first-order valence-electron chi connectivity index (χ1n) is 5.23. The number of rotatable bonds is 6. The Balaban J connectivity index is 2.65. The number of aryl methyl sites for hydroxylation is 1. The van der Waals surface area contributed by atoms with Crippen LogP contribution in [0.4, 0.5) is 0 Å². The molecule has 0 radical (unpaired) electrons. The SMILES string of the molecule is C=CCCNC(CN)c1cnn(C)c1C. The van der Waals surface area contributed by atoms with Crippen LogP contribution >= 0.6 is 0 Å². The van der Waals surface area contributed by atoms with Crippen molar-refractivity contribution in [3.63, 3.8) is 0 Å². The summed E-state index contributed by atoms with van der Waals surface area (Å²) >= 11 is 0. The molecule has 15 heavy (non-hydrogen) atoms. The zero-order chi connectivity index (χ0) is 11.3. The Morgan fingerprint density at radius 2 is 2.47 bits per heavy atom. The summed E-state index contributed by atoms with van der Waals surface area (Å²) in [6, 6.07) is 0.193. The molecule has 84 valence electrons. The lowest BCUT2D eigenvalue weighted by molar-refractivity contribution is 0.545. The summed E-state index contributed by atoms with van der Waals surface area (Å²) in [5, 5.41) is 7.61. The predicted octanol–water partition coefficient (Wildman–Crippen LogP) is 0.894. The van der Waals surface area contributed by atoms with E-state index < -0.39 is 0 Å². The quantitative estimate of drug-likeness (QED) is 0.539. The second-order valence-electron chi connectivity index (χ2n) is 3.63. The Bertz CT molecular complexity index is 316. The molecule has 0 aromatic carbocycles. The summed E-state index contributed by atoms with van der Waals surface area (Å²) in [6.07, 6.45) is 4.74. The van der Waals surface area contributed by atoms with E-state index in [1.165, 1.54) is 5.56 Å². The highest BCUT2D eigenvalue weighted by molar-refractivity contribution is 5.20. The third kappa shape index (κ3) is 2.91. The third-order valence-corrected chi connectivity index (χ3v) is 2.62. The van der Waals surface area contributed by atoms with Gasteiger partial charge in [0.05, 0.1) is 6.20 Å². The Hall–Kier alpha value is -1.13. The molecule has 0 saturated carbocycles. The van der Waals surface area contributed by atoms with Gasteiger partial charge in [-0.05, 0) is 19.9 Å². The first-order valence-corrected chi connectivity index (χ1v) is 5.23. The van der Waals surface area contributed by atoms with Gasteiger partial charge >= 0.3 is 0 Å². The van der Waals surface area contributed by atoms with E-state index in [9.17, 15) is 0 Å². The lowest BCUT2D eigenvalue weighted by Gasteiger charge is -2.16. The molecule has 0 spiro atoms. The molecule has 1 aromatic heterocycles. The van der Waals surface area contributed by atoms with Gasteiger partial charge < -0.3 is 11.1 Å². The lowest BCUT2D eigenvalue weighted by Crippen LogP contribution is -2.29. The van der Waals surface area contributed by atoms with Crippen LogP contribution < -0.4 is 11.1 Å². The molecule has 0 aliphatic heterocycles. The van der Waals surface area contributed by atoms with Crippen LogP contribution in [0, 0.1) is 6.92 Å². The van der Waals surface area contributed by atoms with Crippen molar-refractivity contribution in [1.82, 2.24) is 15.1 Å². The predicted molar refractivity (Wildman–Crippen MR) is 62.6 cm³/mol. The number of nitrogens with zero attached hydrogens (tertiary/aromatic N) is 2. The Morgan fingerprint density at radius 1 is 1.73 bits per heavy atom. The molecule has 1 atom stereocenters. The minimum atomic E-state index is 0.193. The summed E-state index contributed by atoms with van der Waals surface area (Å²) in [7, 11) is 1.94. The Kier molecular flexibility index (Phi) is 4.52. The summed E-state index contributed by atoms with van der Waals surface area (Å²) < 4.78 is 1.87. The van der Waals surface area contributed by atoms with Gasteiger partial charge in [-0.25, -0.2) is 0 Å². The Morgan fingerprint density at radius 3 is 2.93 bits per heavy atom. The standard InChI is InChI=1S/C11H20N4/c1-4-5-6-13-11(7-12)10-8-14-15(3)9(10)2/h4,8,11,13H,1,5-7,12H2,2-3H3. The van der Waals surface area contributed by atoms with Gasteiger partial charge in [0.1, 0.15) is 0 Å². The van der Waals surface area contributed by atoms with E-state index >= 15 is 0 Å². The second kappa shape index (κ2) is 5.68. The van der Waals surface area contributed by atoms with E-state index in [2.05, 4.69) is 23.9 Å². The van der Waals surface area contributed by atoms with Crippen molar-refractivity contribution < 1.29 is 0 Å². The molecule has 0 amide bonds. The van der Waals surface area contributed by atoms with Crippen LogP contribution in [0.5, 0.6) is 0 Å². The minimum absolute atomic E-state index is 0.193. The molecular formula is C11H20N4. The molecule has 4 heteroatoms. The van der Waals surface area contributed by atoms with Crippen LogP contribution in [-0.2, 0) is 7.05 Å². The van der Waals surface area contributed by atoms with Crippen molar-refractivity contribution in [2.45, 2.75) is 19.4 Å². The lowest BCUT2D eigenvalue weighted by atomic mass is 10.1. The van der Waals surface area contributed by atoms with Gasteiger partial charge in [0.25, 0.3) is 0 Å². The monoisotopic (exact) mass is 208 g/mol. The normalized spacial score (nSPS) is 12.7. The average molecular weight is 208 g/mol. The minimum Gasteiger partial charge on any atom is -0.329 e. The summed E-state index contributed by atoms with van der Waals surface area (Å²) in [5.41, 5.74) is 8.09. The van der Waals surface area contributed by atoms with Crippen LogP contribution in [0.1, 0.15) is 23.7 Å². The van der Waals surface area contributed by atoms with Gasteiger partial charge in [-0.1, -0.05) is 6.08 Å². The number of hydrogen-bond acceptors (Lipinski definition) is 3. The molecule has 0 aliphatic rings. The molecule has 1 heterocycles. The van der Waals surface area contributed by atoms with E-state index in [1.807, 2.05) is 24.0 Å². The number of hydrogen-bond donors (Lipinski definition) is 2. The fraction of sp³-hybridized carbons (Fsp3) is 0.545. The topological polar surface area (TPSA) is 55.9 Å². The highest BCUT2D eigenvalue weighted by atomic mass is 15.3. The smallest absolute Gasteiger partial charge is 0.0540 e. The molecule has 3 N–H and O–H groups in total. The fourth-order valence-corrected chi connectivity index (χ4v) is 1.54. The molecule has 1 aromatic rings. The van der Waals surface area contributed by atoms with Crippen molar-refractivity contribution in [2.24, 2.45) is 12.8 Å². The summed E-state index contributed by atoms with van der Waals surface area (Å²) in [4.78, 5) is 0. The zero-order valence-electron chi connectivity index (χ0n) is 9.53. The van der Waals surface area contributed by atoms with Crippen molar-refractivity contribution in [1.29, 1.82) is 0 Å². The van der Waals surface area contributed by atoms with E-state index in [-0.39, 0.29) is 6.04 Å². The van der Waals surface area contributed by atoms with Gasteiger partial charge in [0, 0.05) is 30.9 Å². The van der Waals surface area contributed by atoms with E-state index in [0.29, 0.717) is 6.54 Å². The van der Waals surface area contributed by atoms with Gasteiger partial charge in [-0.3, -0.25) is 4.68 Å². The number of aromatic nitrogens is 2. The van der Waals surface area contributed by atoms with Crippen LogP contribution in [0.25, 0.3) is 0 Å². The summed E-state index contributed by atoms with van der Waals surface area (Å²) in [5.74, 6) is 0. The highest BCUT2D eigenvalue weighted by Gasteiger charge is 2.13. The van der Waals surface area contributed by atoms with Crippen LogP contribution in [-0.4, -0.2) is 22.9 Å². The third-order valence-electron chi connectivity index (χ3n) is 2.62. The van der Waals surface area contributed by atoms with Crippen LogP contribution in [0.3, 0.4) is 0 Å². The molecule has 0 bridgehead atoms. The van der Waals surface area contributed by atoms with Crippen molar-refractivity contribution in [3.05, 3.63) is 30.1 Å². The van der Waals surface area contributed by atoms with Crippen molar-refractivity contribution in [3.8, 4) is 0 Å². The Labute approximate surface area is 91.2 Å². The summed E-state index contributed by atoms with van der Waals surface area (Å²) in [6.45, 7) is 7.24. The maximum absolute atomic E-state index is 5.74. The first-order chi connectivity index (χ1) is 7.20.